The number of carbonyl (C=O) groups excluding carboxylic acids is 2. The Morgan fingerprint density at radius 3 is 2.29 bits per heavy atom. The van der Waals surface area contributed by atoms with Crippen LogP contribution in [0.1, 0.15) is 47.0 Å². The number of carbonyl (C=O) groups is 2. The Morgan fingerprint density at radius 1 is 1.00 bits per heavy atom. The summed E-state index contributed by atoms with van der Waals surface area (Å²) >= 11 is 0. The summed E-state index contributed by atoms with van der Waals surface area (Å²) in [5.41, 5.74) is 1.50. The van der Waals surface area contributed by atoms with E-state index in [9.17, 15) is 9.59 Å². The van der Waals surface area contributed by atoms with Crippen molar-refractivity contribution in [3.8, 4) is 0 Å². The van der Waals surface area contributed by atoms with Gasteiger partial charge >= 0.3 is 0 Å². The van der Waals surface area contributed by atoms with E-state index in [-0.39, 0.29) is 17.4 Å². The highest BCUT2D eigenvalue weighted by Crippen LogP contribution is 2.17. The minimum Gasteiger partial charge on any atom is -0.355 e. The van der Waals surface area contributed by atoms with E-state index in [1.807, 2.05) is 0 Å². The van der Waals surface area contributed by atoms with Crippen LogP contribution >= 0.6 is 0 Å². The average molecular weight is 324 g/mol. The van der Waals surface area contributed by atoms with Crippen molar-refractivity contribution in [3.63, 3.8) is 0 Å². The van der Waals surface area contributed by atoms with Crippen molar-refractivity contribution in [1.82, 2.24) is 9.97 Å². The maximum atomic E-state index is 12.2. The smallest absolute Gasteiger partial charge is 0.275 e. The van der Waals surface area contributed by atoms with Crippen LogP contribution in [-0.4, -0.2) is 34.7 Å². The van der Waals surface area contributed by atoms with Gasteiger partial charge in [0.05, 0.1) is 12.4 Å². The second-order valence-corrected chi connectivity index (χ2v) is 5.90. The second-order valence-electron chi connectivity index (χ2n) is 5.90. The molecule has 1 saturated heterocycles. The third-order valence-electron chi connectivity index (χ3n) is 4.10. The quantitative estimate of drug-likeness (QED) is 0.875. The van der Waals surface area contributed by atoms with Crippen LogP contribution in [0.4, 0.5) is 11.5 Å². The molecule has 2 aromatic rings. The molecule has 0 unspecified atom stereocenters. The van der Waals surface area contributed by atoms with Gasteiger partial charge in [0, 0.05) is 24.3 Å². The molecule has 1 aliphatic heterocycles. The largest absolute Gasteiger partial charge is 0.355 e. The Balaban J connectivity index is 1.65. The fourth-order valence-electron chi connectivity index (χ4n) is 2.71. The summed E-state index contributed by atoms with van der Waals surface area (Å²) in [7, 11) is 0. The van der Waals surface area contributed by atoms with E-state index in [1.54, 1.807) is 30.5 Å². The zero-order valence-corrected chi connectivity index (χ0v) is 13.7. The van der Waals surface area contributed by atoms with Crippen molar-refractivity contribution in [3.05, 3.63) is 47.9 Å². The predicted octanol–water partition coefficient (Wildman–Crippen LogP) is 2.92. The van der Waals surface area contributed by atoms with Gasteiger partial charge in [0.2, 0.25) is 0 Å². The van der Waals surface area contributed by atoms with Crippen LogP contribution in [0.2, 0.25) is 0 Å². The van der Waals surface area contributed by atoms with E-state index >= 15 is 0 Å². The standard InChI is InChI=1S/C18H20N4O2/c1-13(23)14-5-7-15(8-6-14)21-18(24)16-11-20-17(12-19-16)22-9-3-2-4-10-22/h5-8,11-12H,2-4,9-10H2,1H3,(H,21,24). The van der Waals surface area contributed by atoms with Crippen molar-refractivity contribution in [2.75, 3.05) is 23.3 Å². The van der Waals surface area contributed by atoms with Crippen LogP contribution in [0.3, 0.4) is 0 Å². The fraction of sp³-hybridized carbons (Fsp3) is 0.333. The summed E-state index contributed by atoms with van der Waals surface area (Å²) in [5, 5.41) is 2.76. The zero-order chi connectivity index (χ0) is 16.9. The Kier molecular flexibility index (Phi) is 4.84. The average Bonchev–Trinajstić information content (AvgIpc) is 2.63. The SMILES string of the molecule is CC(=O)c1ccc(NC(=O)c2cnc(N3CCCCC3)cn2)cc1. The van der Waals surface area contributed by atoms with Gasteiger partial charge in [-0.1, -0.05) is 0 Å². The van der Waals surface area contributed by atoms with Gasteiger partial charge in [-0.25, -0.2) is 9.97 Å². The number of amides is 1. The Labute approximate surface area is 140 Å². The molecule has 1 N–H and O–H groups in total. The Morgan fingerprint density at radius 2 is 1.71 bits per heavy atom. The first-order valence-electron chi connectivity index (χ1n) is 8.13. The van der Waals surface area contributed by atoms with Crippen LogP contribution in [0, 0.1) is 0 Å². The summed E-state index contributed by atoms with van der Waals surface area (Å²) in [4.78, 5) is 34.3. The molecule has 6 heteroatoms. The van der Waals surface area contributed by atoms with Crippen LogP contribution in [0.5, 0.6) is 0 Å². The van der Waals surface area contributed by atoms with Gasteiger partial charge in [-0.15, -0.1) is 0 Å². The number of aromatic nitrogens is 2. The molecule has 0 saturated carbocycles. The number of hydrogen-bond acceptors (Lipinski definition) is 5. The van der Waals surface area contributed by atoms with Gasteiger partial charge in [0.25, 0.3) is 5.91 Å². The molecule has 0 atom stereocenters. The minimum absolute atomic E-state index is 0.00737. The molecule has 24 heavy (non-hydrogen) atoms. The van der Waals surface area contributed by atoms with Crippen molar-refractivity contribution >= 4 is 23.2 Å². The van der Waals surface area contributed by atoms with Crippen LogP contribution in [0.25, 0.3) is 0 Å². The van der Waals surface area contributed by atoms with Crippen molar-refractivity contribution in [2.24, 2.45) is 0 Å². The Bertz CT molecular complexity index is 720. The molecule has 1 aliphatic rings. The molecule has 1 amide bonds. The van der Waals surface area contributed by atoms with Gasteiger partial charge in [-0.05, 0) is 50.5 Å². The van der Waals surface area contributed by atoms with E-state index < -0.39 is 0 Å². The summed E-state index contributed by atoms with van der Waals surface area (Å²) in [5.74, 6) is 0.493. The van der Waals surface area contributed by atoms with Crippen LogP contribution < -0.4 is 10.2 Å². The molecule has 2 heterocycles. The molecule has 1 aromatic heterocycles. The molecule has 0 aliphatic carbocycles. The van der Waals surface area contributed by atoms with E-state index in [0.717, 1.165) is 18.9 Å². The third-order valence-corrected chi connectivity index (χ3v) is 4.10. The number of ketones is 1. The lowest BCUT2D eigenvalue weighted by molar-refractivity contribution is 0.101. The van der Waals surface area contributed by atoms with Crippen molar-refractivity contribution < 1.29 is 9.59 Å². The number of anilines is 2. The fourth-order valence-corrected chi connectivity index (χ4v) is 2.71. The molecule has 0 spiro atoms. The molecule has 0 radical (unpaired) electrons. The maximum absolute atomic E-state index is 12.2. The molecule has 1 fully saturated rings. The minimum atomic E-state index is -0.316. The van der Waals surface area contributed by atoms with E-state index in [4.69, 9.17) is 0 Å². The molecule has 0 bridgehead atoms. The zero-order valence-electron chi connectivity index (χ0n) is 13.7. The summed E-state index contributed by atoms with van der Waals surface area (Å²) in [6, 6.07) is 6.76. The highest BCUT2D eigenvalue weighted by Gasteiger charge is 2.14. The third kappa shape index (κ3) is 3.76. The van der Waals surface area contributed by atoms with Crippen molar-refractivity contribution in [2.45, 2.75) is 26.2 Å². The first-order valence-corrected chi connectivity index (χ1v) is 8.13. The summed E-state index contributed by atoms with van der Waals surface area (Å²) in [6.07, 6.45) is 6.75. The highest BCUT2D eigenvalue weighted by atomic mass is 16.2. The molecular weight excluding hydrogens is 304 g/mol. The number of benzene rings is 1. The van der Waals surface area contributed by atoms with E-state index in [1.165, 1.54) is 32.4 Å². The lowest BCUT2D eigenvalue weighted by atomic mass is 10.1. The van der Waals surface area contributed by atoms with Gasteiger partial charge in [-0.3, -0.25) is 9.59 Å². The number of Topliss-reactive ketones (excluding diaryl/α,β-unsaturated/α-hetero) is 1. The lowest BCUT2D eigenvalue weighted by Crippen LogP contribution is -2.30. The summed E-state index contributed by atoms with van der Waals surface area (Å²) < 4.78 is 0. The van der Waals surface area contributed by atoms with Crippen LogP contribution in [-0.2, 0) is 0 Å². The molecule has 124 valence electrons. The van der Waals surface area contributed by atoms with Crippen LogP contribution in [0.15, 0.2) is 36.7 Å². The second kappa shape index (κ2) is 7.21. The van der Waals surface area contributed by atoms with Gasteiger partial charge in [0.1, 0.15) is 11.5 Å². The highest BCUT2D eigenvalue weighted by molar-refractivity contribution is 6.03. The van der Waals surface area contributed by atoms with Gasteiger partial charge < -0.3 is 10.2 Å². The normalized spacial score (nSPS) is 14.3. The number of hydrogen-bond donors (Lipinski definition) is 1. The van der Waals surface area contributed by atoms with Gasteiger partial charge in [0.15, 0.2) is 5.78 Å². The molecule has 6 nitrogen and oxygen atoms in total. The van der Waals surface area contributed by atoms with Gasteiger partial charge in [-0.2, -0.15) is 0 Å². The first-order chi connectivity index (χ1) is 11.6. The summed E-state index contributed by atoms with van der Waals surface area (Å²) in [6.45, 7) is 3.48. The number of nitrogens with zero attached hydrogens (tertiary/aromatic N) is 3. The van der Waals surface area contributed by atoms with E-state index in [0.29, 0.717) is 11.3 Å². The maximum Gasteiger partial charge on any atom is 0.275 e. The molecule has 3 rings (SSSR count). The predicted molar refractivity (Wildman–Crippen MR) is 92.5 cm³/mol. The topological polar surface area (TPSA) is 75.2 Å². The first kappa shape index (κ1) is 16.1. The Hall–Kier alpha value is -2.76. The monoisotopic (exact) mass is 324 g/mol. The number of rotatable bonds is 4. The number of piperidine rings is 1. The van der Waals surface area contributed by atoms with Crippen molar-refractivity contribution in [1.29, 1.82) is 0 Å². The molecular formula is C18H20N4O2. The number of nitrogens with one attached hydrogen (secondary N) is 1. The van der Waals surface area contributed by atoms with E-state index in [2.05, 4.69) is 20.2 Å². The lowest BCUT2D eigenvalue weighted by Gasteiger charge is -2.27. The molecule has 1 aromatic carbocycles.